The number of nitrogens with zero attached hydrogens (tertiary/aromatic N) is 1. The highest BCUT2D eigenvalue weighted by Gasteiger charge is 2.60. The standard InChI is InChI=1S/C16H13F5N2S/c1-9(7-14(22)15(17,18)16(19,20)21)12-8-11(5-6-23-12)13-4-3-10(2)24-13/h3-8,22H,1-2H3/b9-7+,22-14?. The van der Waals surface area contributed by atoms with Gasteiger partial charge in [-0.1, -0.05) is 0 Å². The minimum atomic E-state index is -5.80. The topological polar surface area (TPSA) is 36.7 Å². The van der Waals surface area contributed by atoms with E-state index in [2.05, 4.69) is 4.98 Å². The Morgan fingerprint density at radius 1 is 1.17 bits per heavy atom. The summed E-state index contributed by atoms with van der Waals surface area (Å²) in [6, 6.07) is 7.12. The molecule has 0 saturated heterocycles. The van der Waals surface area contributed by atoms with Crippen molar-refractivity contribution in [3.8, 4) is 10.4 Å². The van der Waals surface area contributed by atoms with Crippen LogP contribution in [0.1, 0.15) is 17.5 Å². The van der Waals surface area contributed by atoms with Crippen LogP contribution < -0.4 is 0 Å². The zero-order valence-electron chi connectivity index (χ0n) is 12.7. The van der Waals surface area contributed by atoms with Crippen LogP contribution in [0.15, 0.2) is 36.5 Å². The molecule has 2 aromatic rings. The predicted octanol–water partition coefficient (Wildman–Crippen LogP) is 5.74. The number of pyridine rings is 1. The van der Waals surface area contributed by atoms with Gasteiger partial charge < -0.3 is 0 Å². The number of thiophene rings is 1. The Balaban J connectivity index is 2.33. The lowest BCUT2D eigenvalue weighted by molar-refractivity contribution is -0.249. The minimum Gasteiger partial charge on any atom is -0.299 e. The molecule has 0 aliphatic heterocycles. The highest BCUT2D eigenvalue weighted by Crippen LogP contribution is 2.37. The Hall–Kier alpha value is -2.09. The maximum absolute atomic E-state index is 13.1. The van der Waals surface area contributed by atoms with Crippen LogP contribution in [0.5, 0.6) is 0 Å². The maximum Gasteiger partial charge on any atom is 0.459 e. The van der Waals surface area contributed by atoms with E-state index in [-0.39, 0.29) is 11.3 Å². The second kappa shape index (κ2) is 6.43. The lowest BCUT2D eigenvalue weighted by Gasteiger charge is -2.18. The third-order valence-electron chi connectivity index (χ3n) is 3.24. The number of nitrogens with one attached hydrogen (secondary N) is 1. The first-order valence-electron chi connectivity index (χ1n) is 6.77. The monoisotopic (exact) mass is 360 g/mol. The number of aryl methyl sites for hydroxylation is 1. The molecule has 0 spiro atoms. The molecule has 0 radical (unpaired) electrons. The molecular formula is C16H13F5N2S. The van der Waals surface area contributed by atoms with Crippen molar-refractivity contribution in [1.82, 2.24) is 4.98 Å². The molecule has 0 aliphatic rings. The number of allylic oxidation sites excluding steroid dienone is 2. The summed E-state index contributed by atoms with van der Waals surface area (Å²) in [5.74, 6) is -5.20. The predicted molar refractivity (Wildman–Crippen MR) is 84.7 cm³/mol. The van der Waals surface area contributed by atoms with Gasteiger partial charge in [-0.15, -0.1) is 11.3 Å². The van der Waals surface area contributed by atoms with Gasteiger partial charge in [0.2, 0.25) is 0 Å². The van der Waals surface area contributed by atoms with Crippen molar-refractivity contribution < 1.29 is 22.0 Å². The van der Waals surface area contributed by atoms with Crippen LogP contribution in [0.25, 0.3) is 16.0 Å². The molecule has 2 nitrogen and oxygen atoms in total. The number of alkyl halides is 5. The van der Waals surface area contributed by atoms with E-state index >= 15 is 0 Å². The highest BCUT2D eigenvalue weighted by molar-refractivity contribution is 7.15. The highest BCUT2D eigenvalue weighted by atomic mass is 32.1. The molecule has 2 aromatic heterocycles. The molecule has 0 aliphatic carbocycles. The first-order valence-corrected chi connectivity index (χ1v) is 7.59. The molecule has 0 unspecified atom stereocenters. The normalized spacial score (nSPS) is 13.2. The van der Waals surface area contributed by atoms with Crippen molar-refractivity contribution in [2.75, 3.05) is 0 Å². The summed E-state index contributed by atoms with van der Waals surface area (Å²) in [6.45, 7) is 3.27. The van der Waals surface area contributed by atoms with Gasteiger partial charge in [-0.3, -0.25) is 10.4 Å². The van der Waals surface area contributed by atoms with Gasteiger partial charge in [0, 0.05) is 16.0 Å². The summed E-state index contributed by atoms with van der Waals surface area (Å²) in [5, 5.41) is 7.08. The van der Waals surface area contributed by atoms with Crippen LogP contribution in [0.2, 0.25) is 0 Å². The van der Waals surface area contributed by atoms with Gasteiger partial charge in [-0.05, 0) is 55.3 Å². The first-order chi connectivity index (χ1) is 11.0. The lowest BCUT2D eigenvalue weighted by atomic mass is 10.1. The summed E-state index contributed by atoms with van der Waals surface area (Å²) < 4.78 is 63.1. The Morgan fingerprint density at radius 3 is 2.38 bits per heavy atom. The average Bonchev–Trinajstić information content (AvgIpc) is 2.92. The fourth-order valence-electron chi connectivity index (χ4n) is 1.92. The third-order valence-corrected chi connectivity index (χ3v) is 4.29. The SMILES string of the molecule is C/C(=C\C(=N)C(F)(F)C(F)(F)F)c1cc(-c2ccc(C)s2)ccn1. The van der Waals surface area contributed by atoms with Crippen molar-refractivity contribution in [2.45, 2.75) is 25.9 Å². The zero-order chi connectivity index (χ0) is 18.1. The van der Waals surface area contributed by atoms with Crippen LogP contribution in [-0.4, -0.2) is 22.8 Å². The molecular weight excluding hydrogens is 347 g/mol. The molecule has 24 heavy (non-hydrogen) atoms. The van der Waals surface area contributed by atoms with Crippen LogP contribution in [-0.2, 0) is 0 Å². The van der Waals surface area contributed by atoms with Gasteiger partial charge in [0.1, 0.15) is 5.71 Å². The van der Waals surface area contributed by atoms with E-state index in [9.17, 15) is 22.0 Å². The van der Waals surface area contributed by atoms with Gasteiger partial charge in [0.15, 0.2) is 0 Å². The molecule has 8 heteroatoms. The van der Waals surface area contributed by atoms with Crippen LogP contribution in [0.4, 0.5) is 22.0 Å². The summed E-state index contributed by atoms with van der Waals surface area (Å²) in [5.41, 5.74) is -0.744. The summed E-state index contributed by atoms with van der Waals surface area (Å²) in [6.07, 6.45) is -3.85. The Bertz CT molecular complexity index is 790. The van der Waals surface area contributed by atoms with Crippen molar-refractivity contribution >= 4 is 22.6 Å². The second-order valence-corrected chi connectivity index (χ2v) is 6.44. The molecule has 0 aromatic carbocycles. The van der Waals surface area contributed by atoms with Crippen molar-refractivity contribution in [3.63, 3.8) is 0 Å². The molecule has 0 bridgehead atoms. The zero-order valence-corrected chi connectivity index (χ0v) is 13.5. The van der Waals surface area contributed by atoms with Crippen molar-refractivity contribution in [3.05, 3.63) is 47.1 Å². The molecule has 2 rings (SSSR count). The largest absolute Gasteiger partial charge is 0.459 e. The molecule has 2 heterocycles. The van der Waals surface area contributed by atoms with Crippen LogP contribution >= 0.6 is 11.3 Å². The Kier molecular flexibility index (Phi) is 4.89. The van der Waals surface area contributed by atoms with E-state index in [0.717, 1.165) is 15.3 Å². The fraction of sp³-hybridized carbons (Fsp3) is 0.250. The summed E-state index contributed by atoms with van der Waals surface area (Å²) in [4.78, 5) is 6.00. The van der Waals surface area contributed by atoms with E-state index in [0.29, 0.717) is 6.08 Å². The van der Waals surface area contributed by atoms with E-state index in [1.807, 2.05) is 19.1 Å². The number of hydrogen-bond donors (Lipinski definition) is 1. The van der Waals surface area contributed by atoms with E-state index in [1.54, 1.807) is 12.1 Å². The van der Waals surface area contributed by atoms with E-state index in [1.165, 1.54) is 24.5 Å². The average molecular weight is 360 g/mol. The Morgan fingerprint density at radius 2 is 1.83 bits per heavy atom. The van der Waals surface area contributed by atoms with Crippen molar-refractivity contribution in [2.24, 2.45) is 0 Å². The molecule has 0 amide bonds. The molecule has 128 valence electrons. The van der Waals surface area contributed by atoms with Crippen molar-refractivity contribution in [1.29, 1.82) is 5.41 Å². The van der Waals surface area contributed by atoms with E-state index in [4.69, 9.17) is 5.41 Å². The first kappa shape index (κ1) is 18.3. The van der Waals surface area contributed by atoms with Gasteiger partial charge >= 0.3 is 12.1 Å². The summed E-state index contributed by atoms with van der Waals surface area (Å²) in [7, 11) is 0. The molecule has 1 N–H and O–H groups in total. The lowest BCUT2D eigenvalue weighted by Crippen LogP contribution is -2.42. The molecule has 0 atom stereocenters. The number of hydrogen-bond acceptors (Lipinski definition) is 3. The summed E-state index contributed by atoms with van der Waals surface area (Å²) >= 11 is 1.52. The van der Waals surface area contributed by atoms with Gasteiger partial charge in [-0.2, -0.15) is 22.0 Å². The van der Waals surface area contributed by atoms with E-state index < -0.39 is 17.8 Å². The van der Waals surface area contributed by atoms with Gasteiger partial charge in [-0.25, -0.2) is 0 Å². The van der Waals surface area contributed by atoms with Crippen LogP contribution in [0.3, 0.4) is 0 Å². The quantitative estimate of drug-likeness (QED) is 0.548. The maximum atomic E-state index is 13.1. The second-order valence-electron chi connectivity index (χ2n) is 5.15. The van der Waals surface area contributed by atoms with Gasteiger partial charge in [0.05, 0.1) is 5.69 Å². The number of aromatic nitrogens is 1. The molecule has 0 saturated carbocycles. The minimum absolute atomic E-state index is 0.0547. The molecule has 0 fully saturated rings. The smallest absolute Gasteiger partial charge is 0.299 e. The fourth-order valence-corrected chi connectivity index (χ4v) is 2.79. The van der Waals surface area contributed by atoms with Crippen LogP contribution in [0, 0.1) is 12.3 Å². The number of halogens is 5. The van der Waals surface area contributed by atoms with Gasteiger partial charge in [0.25, 0.3) is 0 Å². The number of rotatable bonds is 4. The Labute approximate surface area is 139 Å². The third kappa shape index (κ3) is 3.69.